The molecule has 7 heteroatoms. The van der Waals surface area contributed by atoms with Crippen molar-refractivity contribution in [1.29, 1.82) is 0 Å². The predicted octanol–water partition coefficient (Wildman–Crippen LogP) is 1.85. The molecule has 0 atom stereocenters. The Kier molecular flexibility index (Phi) is 4.64. The van der Waals surface area contributed by atoms with Gasteiger partial charge in [-0.2, -0.15) is 0 Å². The van der Waals surface area contributed by atoms with Gasteiger partial charge < -0.3 is 14.2 Å². The number of nitrogens with one attached hydrogen (secondary N) is 2. The number of hydrogen-bond acceptors (Lipinski definition) is 5. The molecule has 2 N–H and O–H groups in total. The maximum atomic E-state index is 12.0. The summed E-state index contributed by atoms with van der Waals surface area (Å²) in [5, 5.41) is 3.06. The lowest BCUT2D eigenvalue weighted by Crippen LogP contribution is -2.23. The first kappa shape index (κ1) is 14.8. The molecule has 0 amide bonds. The Morgan fingerprint density at radius 2 is 1.95 bits per heavy atom. The first-order valence-corrected chi connectivity index (χ1v) is 7.80. The maximum absolute atomic E-state index is 12.0. The van der Waals surface area contributed by atoms with Crippen LogP contribution in [0.25, 0.3) is 0 Å². The highest BCUT2D eigenvalue weighted by Crippen LogP contribution is 2.14. The summed E-state index contributed by atoms with van der Waals surface area (Å²) >= 11 is 0. The molecular formula is C13H18N2O4S. The zero-order valence-corrected chi connectivity index (χ0v) is 12.2. The third-order valence-electron chi connectivity index (χ3n) is 2.60. The maximum Gasteiger partial charge on any atom is 0.274 e. The molecular weight excluding hydrogens is 280 g/mol. The number of hydrogen-bond donors (Lipinski definition) is 2. The van der Waals surface area contributed by atoms with E-state index in [1.54, 1.807) is 18.2 Å². The second-order valence-electron chi connectivity index (χ2n) is 4.66. The Hall–Kier alpha value is -1.57. The SMILES string of the molecule is CC(C)NCc1ccc(S(=O)(=O)NCc2ccco2)o1. The molecule has 2 heterocycles. The largest absolute Gasteiger partial charge is 0.468 e. The Bertz CT molecular complexity index is 629. The van der Waals surface area contributed by atoms with E-state index in [0.717, 1.165) is 0 Å². The van der Waals surface area contributed by atoms with Gasteiger partial charge in [-0.3, -0.25) is 0 Å². The summed E-state index contributed by atoms with van der Waals surface area (Å²) in [6.45, 7) is 4.60. The molecule has 2 rings (SSSR count). The van der Waals surface area contributed by atoms with Crippen molar-refractivity contribution in [3.8, 4) is 0 Å². The van der Waals surface area contributed by atoms with Crippen LogP contribution in [0.1, 0.15) is 25.4 Å². The Labute approximate surface area is 118 Å². The van der Waals surface area contributed by atoms with Gasteiger partial charge in [-0.05, 0) is 24.3 Å². The van der Waals surface area contributed by atoms with E-state index in [-0.39, 0.29) is 11.6 Å². The zero-order valence-electron chi connectivity index (χ0n) is 11.4. The highest BCUT2D eigenvalue weighted by Gasteiger charge is 2.18. The molecule has 0 aromatic carbocycles. The molecule has 0 radical (unpaired) electrons. The fourth-order valence-electron chi connectivity index (χ4n) is 1.55. The molecule has 0 bridgehead atoms. The molecule has 0 aliphatic carbocycles. The van der Waals surface area contributed by atoms with Crippen LogP contribution < -0.4 is 10.0 Å². The molecule has 20 heavy (non-hydrogen) atoms. The molecule has 6 nitrogen and oxygen atoms in total. The lowest BCUT2D eigenvalue weighted by atomic mass is 10.3. The molecule has 0 spiro atoms. The molecule has 110 valence electrons. The van der Waals surface area contributed by atoms with Crippen molar-refractivity contribution in [1.82, 2.24) is 10.0 Å². The topological polar surface area (TPSA) is 84.5 Å². The normalized spacial score (nSPS) is 12.2. The minimum Gasteiger partial charge on any atom is -0.468 e. The molecule has 0 aliphatic heterocycles. The van der Waals surface area contributed by atoms with Gasteiger partial charge in [0.15, 0.2) is 0 Å². The van der Waals surface area contributed by atoms with Gasteiger partial charge in [-0.1, -0.05) is 13.8 Å². The van der Waals surface area contributed by atoms with Crippen molar-refractivity contribution in [2.45, 2.75) is 38.1 Å². The molecule has 0 fully saturated rings. The summed E-state index contributed by atoms with van der Waals surface area (Å²) in [7, 11) is -3.66. The fourth-order valence-corrected chi connectivity index (χ4v) is 2.49. The third kappa shape index (κ3) is 3.96. The number of furan rings is 2. The second kappa shape index (κ2) is 6.25. The number of sulfonamides is 1. The predicted molar refractivity (Wildman–Crippen MR) is 73.4 cm³/mol. The van der Waals surface area contributed by atoms with Crippen LogP contribution >= 0.6 is 0 Å². The van der Waals surface area contributed by atoms with Gasteiger partial charge in [0, 0.05) is 6.04 Å². The molecule has 0 saturated carbocycles. The van der Waals surface area contributed by atoms with Crippen molar-refractivity contribution in [2.75, 3.05) is 0 Å². The minimum absolute atomic E-state index is 0.0929. The highest BCUT2D eigenvalue weighted by atomic mass is 32.2. The summed E-state index contributed by atoms with van der Waals surface area (Å²) in [4.78, 5) is 0. The van der Waals surface area contributed by atoms with Crippen LogP contribution in [-0.2, 0) is 23.1 Å². The second-order valence-corrected chi connectivity index (χ2v) is 6.36. The third-order valence-corrected chi connectivity index (χ3v) is 3.88. The van der Waals surface area contributed by atoms with Crippen LogP contribution in [0.3, 0.4) is 0 Å². The van der Waals surface area contributed by atoms with Gasteiger partial charge in [0.2, 0.25) is 5.09 Å². The molecule has 0 unspecified atom stereocenters. The molecule has 0 saturated heterocycles. The smallest absolute Gasteiger partial charge is 0.274 e. The monoisotopic (exact) mass is 298 g/mol. The van der Waals surface area contributed by atoms with E-state index in [9.17, 15) is 8.42 Å². The summed E-state index contributed by atoms with van der Waals surface area (Å²) in [6.07, 6.45) is 1.49. The molecule has 0 aliphatic rings. The van der Waals surface area contributed by atoms with Crippen LogP contribution in [0.15, 0.2) is 44.5 Å². The highest BCUT2D eigenvalue weighted by molar-refractivity contribution is 7.89. The zero-order chi connectivity index (χ0) is 14.6. The van der Waals surface area contributed by atoms with Crippen LogP contribution in [-0.4, -0.2) is 14.5 Å². The van der Waals surface area contributed by atoms with Gasteiger partial charge in [0.05, 0.1) is 19.4 Å². The van der Waals surface area contributed by atoms with Crippen molar-refractivity contribution >= 4 is 10.0 Å². The summed E-state index contributed by atoms with van der Waals surface area (Å²) in [5.74, 6) is 1.12. The van der Waals surface area contributed by atoms with E-state index < -0.39 is 10.0 Å². The average Bonchev–Trinajstić information content (AvgIpc) is 3.05. The van der Waals surface area contributed by atoms with Crippen molar-refractivity contribution in [3.63, 3.8) is 0 Å². The van der Waals surface area contributed by atoms with Crippen molar-refractivity contribution in [2.24, 2.45) is 0 Å². The van der Waals surface area contributed by atoms with Crippen molar-refractivity contribution in [3.05, 3.63) is 42.0 Å². The minimum atomic E-state index is -3.66. The Morgan fingerprint density at radius 1 is 1.15 bits per heavy atom. The van der Waals surface area contributed by atoms with E-state index in [1.165, 1.54) is 12.3 Å². The van der Waals surface area contributed by atoms with Crippen molar-refractivity contribution < 1.29 is 17.3 Å². The first-order valence-electron chi connectivity index (χ1n) is 6.31. The standard InChI is InChI=1S/C13H18N2O4S/c1-10(2)14-8-12-5-6-13(19-12)20(16,17)15-9-11-4-3-7-18-11/h3-7,10,14-15H,8-9H2,1-2H3. The summed E-state index contributed by atoms with van der Waals surface area (Å²) in [5.41, 5.74) is 0. The van der Waals surface area contributed by atoms with Gasteiger partial charge in [-0.15, -0.1) is 0 Å². The van der Waals surface area contributed by atoms with Gasteiger partial charge in [-0.25, -0.2) is 13.1 Å². The van der Waals surface area contributed by atoms with Gasteiger partial charge in [0.25, 0.3) is 10.0 Å². The first-order chi connectivity index (χ1) is 9.47. The average molecular weight is 298 g/mol. The van der Waals surface area contributed by atoms with E-state index >= 15 is 0 Å². The Balaban J connectivity index is 1.98. The van der Waals surface area contributed by atoms with Crippen LogP contribution in [0.5, 0.6) is 0 Å². The van der Waals surface area contributed by atoms with Crippen LogP contribution in [0.2, 0.25) is 0 Å². The summed E-state index contributed by atoms with van der Waals surface area (Å²) in [6, 6.07) is 6.80. The molecule has 2 aromatic heterocycles. The van der Waals surface area contributed by atoms with Gasteiger partial charge in [0.1, 0.15) is 11.5 Å². The molecule has 2 aromatic rings. The van der Waals surface area contributed by atoms with E-state index in [1.807, 2.05) is 13.8 Å². The lowest BCUT2D eigenvalue weighted by Gasteiger charge is -2.05. The van der Waals surface area contributed by atoms with Crippen LogP contribution in [0, 0.1) is 0 Å². The fraction of sp³-hybridized carbons (Fsp3) is 0.385. The van der Waals surface area contributed by atoms with E-state index in [0.29, 0.717) is 24.1 Å². The summed E-state index contributed by atoms with van der Waals surface area (Å²) < 4.78 is 36.8. The van der Waals surface area contributed by atoms with E-state index in [2.05, 4.69) is 10.0 Å². The van der Waals surface area contributed by atoms with E-state index in [4.69, 9.17) is 8.83 Å². The number of rotatable bonds is 7. The quantitative estimate of drug-likeness (QED) is 0.815. The van der Waals surface area contributed by atoms with Crippen LogP contribution in [0.4, 0.5) is 0 Å². The lowest BCUT2D eigenvalue weighted by molar-refractivity contribution is 0.392. The van der Waals surface area contributed by atoms with Gasteiger partial charge >= 0.3 is 0 Å². The Morgan fingerprint density at radius 3 is 2.60 bits per heavy atom.